The Morgan fingerprint density at radius 3 is 1.52 bits per heavy atom. The van der Waals surface area contributed by atoms with Gasteiger partial charge < -0.3 is 0 Å². The van der Waals surface area contributed by atoms with Crippen molar-refractivity contribution in [2.24, 2.45) is 0 Å². The zero-order valence-corrected chi connectivity index (χ0v) is 18.7. The molecular formula is C16H14Cl2I2O2S. The normalized spacial score (nSPS) is 11.7. The first-order valence-corrected chi connectivity index (χ1v) is 11.6. The Hall–Kier alpha value is 0.430. The third-order valence-corrected chi connectivity index (χ3v) is 7.09. The van der Waals surface area contributed by atoms with E-state index in [-0.39, 0.29) is 11.5 Å². The maximum atomic E-state index is 12.2. The molecule has 0 aliphatic heterocycles. The van der Waals surface area contributed by atoms with E-state index in [4.69, 9.17) is 23.2 Å². The van der Waals surface area contributed by atoms with E-state index in [0.717, 1.165) is 18.3 Å². The first-order chi connectivity index (χ1) is 10.8. The molecule has 0 unspecified atom stereocenters. The highest BCUT2D eigenvalue weighted by Gasteiger charge is 2.14. The van der Waals surface area contributed by atoms with Gasteiger partial charge in [-0.25, -0.2) is 8.42 Å². The van der Waals surface area contributed by atoms with Gasteiger partial charge in [0.25, 0.3) is 0 Å². The van der Waals surface area contributed by atoms with Crippen LogP contribution in [0.25, 0.3) is 0 Å². The zero-order valence-electron chi connectivity index (χ0n) is 12.0. The van der Waals surface area contributed by atoms with Gasteiger partial charge in [-0.05, 0) is 93.4 Å². The van der Waals surface area contributed by atoms with Gasteiger partial charge in [-0.3, -0.25) is 0 Å². The summed E-state index contributed by atoms with van der Waals surface area (Å²) in [5.41, 5.74) is 1.73. The summed E-state index contributed by atoms with van der Waals surface area (Å²) in [7, 11) is -3.15. The summed E-state index contributed by atoms with van der Waals surface area (Å²) < 4.78 is 26.6. The molecule has 0 aliphatic rings. The molecule has 23 heavy (non-hydrogen) atoms. The molecule has 0 N–H and O–H groups in total. The molecule has 0 saturated heterocycles. The fraction of sp³-hybridized carbons (Fsp3) is 0.250. The van der Waals surface area contributed by atoms with Gasteiger partial charge in [-0.1, -0.05) is 35.3 Å². The van der Waals surface area contributed by atoms with Gasteiger partial charge in [0.1, 0.15) is 0 Å². The summed E-state index contributed by atoms with van der Waals surface area (Å²) in [4.78, 5) is 0. The number of hydrogen-bond donors (Lipinski definition) is 0. The Balaban J connectivity index is 1.96. The molecule has 0 radical (unpaired) electrons. The molecule has 0 aromatic heterocycles. The Morgan fingerprint density at radius 2 is 1.17 bits per heavy atom. The van der Waals surface area contributed by atoms with E-state index in [0.29, 0.717) is 22.9 Å². The molecule has 0 fully saturated rings. The molecule has 124 valence electrons. The van der Waals surface area contributed by atoms with E-state index in [1.165, 1.54) is 0 Å². The highest BCUT2D eigenvalue weighted by molar-refractivity contribution is 14.1. The summed E-state index contributed by atoms with van der Waals surface area (Å²) in [6.07, 6.45) is 0.858. The standard InChI is InChI=1S/C16H14Cl2I2O2S/c17-15-9-13(19)3-1-11(15)5-7-23(21,22)8-6-12-2-4-14(20)10-16(12)18/h1-4,9-10H,5-8H2. The Bertz CT molecular complexity index is 746. The quantitative estimate of drug-likeness (QED) is 0.420. The molecule has 0 saturated carbocycles. The van der Waals surface area contributed by atoms with Gasteiger partial charge in [0.2, 0.25) is 0 Å². The summed E-state index contributed by atoms with van der Waals surface area (Å²) in [6.45, 7) is 0. The highest BCUT2D eigenvalue weighted by Crippen LogP contribution is 2.22. The van der Waals surface area contributed by atoms with Crippen LogP contribution >= 0.6 is 68.4 Å². The van der Waals surface area contributed by atoms with Gasteiger partial charge >= 0.3 is 0 Å². The minimum absolute atomic E-state index is 0.0926. The third-order valence-electron chi connectivity index (χ3n) is 3.40. The Morgan fingerprint density at radius 1 is 0.783 bits per heavy atom. The van der Waals surface area contributed by atoms with Crippen molar-refractivity contribution in [3.8, 4) is 0 Å². The summed E-state index contributed by atoms with van der Waals surface area (Å²) >= 11 is 16.7. The fourth-order valence-electron chi connectivity index (χ4n) is 2.08. The van der Waals surface area contributed by atoms with Crippen molar-refractivity contribution in [2.45, 2.75) is 12.8 Å². The molecule has 2 aromatic carbocycles. The summed E-state index contributed by atoms with van der Waals surface area (Å²) in [6, 6.07) is 11.3. The second-order valence-electron chi connectivity index (χ2n) is 5.12. The number of benzene rings is 2. The van der Waals surface area contributed by atoms with Crippen molar-refractivity contribution >= 4 is 78.2 Å². The average Bonchev–Trinajstić information content (AvgIpc) is 2.45. The lowest BCUT2D eigenvalue weighted by atomic mass is 10.2. The zero-order chi connectivity index (χ0) is 17.0. The molecular weight excluding hydrogens is 581 g/mol. The van der Waals surface area contributed by atoms with Crippen LogP contribution in [0.2, 0.25) is 10.0 Å². The Kier molecular flexibility index (Phi) is 7.46. The van der Waals surface area contributed by atoms with Crippen LogP contribution in [-0.4, -0.2) is 19.9 Å². The monoisotopic (exact) mass is 594 g/mol. The first-order valence-electron chi connectivity index (χ1n) is 6.85. The van der Waals surface area contributed by atoms with E-state index >= 15 is 0 Å². The number of halogens is 4. The molecule has 0 spiro atoms. The lowest BCUT2D eigenvalue weighted by Gasteiger charge is -2.08. The van der Waals surface area contributed by atoms with Crippen LogP contribution in [-0.2, 0) is 22.7 Å². The maximum Gasteiger partial charge on any atom is 0.150 e. The summed E-state index contributed by atoms with van der Waals surface area (Å²) in [5, 5.41) is 1.24. The van der Waals surface area contributed by atoms with E-state index < -0.39 is 9.84 Å². The number of sulfone groups is 1. The average molecular weight is 595 g/mol. The maximum absolute atomic E-state index is 12.2. The molecule has 2 rings (SSSR count). The van der Waals surface area contributed by atoms with Crippen molar-refractivity contribution in [1.82, 2.24) is 0 Å². The van der Waals surface area contributed by atoms with Crippen molar-refractivity contribution in [3.05, 3.63) is 64.7 Å². The molecule has 7 heteroatoms. The Labute approximate surface area is 174 Å². The first kappa shape index (κ1) is 19.8. The van der Waals surface area contributed by atoms with Crippen LogP contribution in [0, 0.1) is 7.14 Å². The SMILES string of the molecule is O=S(=O)(CCc1ccc(I)cc1Cl)CCc1ccc(I)cc1Cl. The van der Waals surface area contributed by atoms with Gasteiger partial charge in [0, 0.05) is 17.2 Å². The second-order valence-corrected chi connectivity index (χ2v) is 10.7. The third kappa shape index (κ3) is 6.34. The van der Waals surface area contributed by atoms with Crippen LogP contribution in [0.15, 0.2) is 36.4 Å². The van der Waals surface area contributed by atoms with Crippen LogP contribution in [0.1, 0.15) is 11.1 Å². The number of aryl methyl sites for hydroxylation is 2. The van der Waals surface area contributed by atoms with Crippen LogP contribution < -0.4 is 0 Å². The van der Waals surface area contributed by atoms with Crippen LogP contribution in [0.4, 0.5) is 0 Å². The molecule has 0 bridgehead atoms. The van der Waals surface area contributed by atoms with E-state index in [1.807, 2.05) is 36.4 Å². The van der Waals surface area contributed by atoms with E-state index in [9.17, 15) is 8.42 Å². The van der Waals surface area contributed by atoms with Gasteiger partial charge in [-0.2, -0.15) is 0 Å². The molecule has 2 nitrogen and oxygen atoms in total. The second kappa shape index (κ2) is 8.69. The fourth-order valence-corrected chi connectivity index (χ4v) is 5.25. The molecule has 2 aromatic rings. The lowest BCUT2D eigenvalue weighted by molar-refractivity contribution is 0.594. The van der Waals surface area contributed by atoms with E-state index in [2.05, 4.69) is 45.2 Å². The predicted molar refractivity (Wildman–Crippen MR) is 114 cm³/mol. The largest absolute Gasteiger partial charge is 0.229 e. The molecule has 0 heterocycles. The van der Waals surface area contributed by atoms with Crippen molar-refractivity contribution < 1.29 is 8.42 Å². The van der Waals surface area contributed by atoms with E-state index in [1.54, 1.807) is 0 Å². The van der Waals surface area contributed by atoms with Gasteiger partial charge in [0.15, 0.2) is 9.84 Å². The summed E-state index contributed by atoms with van der Waals surface area (Å²) in [5.74, 6) is 0.185. The van der Waals surface area contributed by atoms with Gasteiger partial charge in [0.05, 0.1) is 11.5 Å². The molecule has 0 aliphatic carbocycles. The minimum Gasteiger partial charge on any atom is -0.229 e. The molecule has 0 atom stereocenters. The van der Waals surface area contributed by atoms with Crippen molar-refractivity contribution in [2.75, 3.05) is 11.5 Å². The molecule has 0 amide bonds. The smallest absolute Gasteiger partial charge is 0.150 e. The topological polar surface area (TPSA) is 34.1 Å². The van der Waals surface area contributed by atoms with Gasteiger partial charge in [-0.15, -0.1) is 0 Å². The number of hydrogen-bond acceptors (Lipinski definition) is 2. The highest BCUT2D eigenvalue weighted by atomic mass is 127. The minimum atomic E-state index is -3.15. The lowest BCUT2D eigenvalue weighted by Crippen LogP contribution is -2.15. The number of rotatable bonds is 6. The van der Waals surface area contributed by atoms with Crippen LogP contribution in [0.5, 0.6) is 0 Å². The van der Waals surface area contributed by atoms with Crippen molar-refractivity contribution in [1.29, 1.82) is 0 Å². The van der Waals surface area contributed by atoms with Crippen molar-refractivity contribution in [3.63, 3.8) is 0 Å². The predicted octanol–water partition coefficient (Wildman–Crippen LogP) is 5.40. The van der Waals surface area contributed by atoms with Crippen LogP contribution in [0.3, 0.4) is 0 Å².